The number of piperidine rings is 1. The Hall–Kier alpha value is -1.18. The molecular weight excluding hydrogens is 457 g/mol. The lowest BCUT2D eigenvalue weighted by molar-refractivity contribution is 0.313. The molecule has 0 unspecified atom stereocenters. The summed E-state index contributed by atoms with van der Waals surface area (Å²) >= 11 is 1.72. The maximum atomic E-state index is 10.6. The summed E-state index contributed by atoms with van der Waals surface area (Å²) in [6.45, 7) is 4.81. The Balaban J connectivity index is 0.00000196. The van der Waals surface area contributed by atoms with E-state index in [1.54, 1.807) is 17.8 Å². The van der Waals surface area contributed by atoms with Crippen molar-refractivity contribution in [2.45, 2.75) is 29.6 Å². The van der Waals surface area contributed by atoms with Crippen molar-refractivity contribution in [2.24, 2.45) is 0 Å². The average molecular weight is 481 g/mol. The number of halogens is 1. The maximum Gasteiger partial charge on any atom is 0.124 e. The standard InChI is InChI=1S/C21H23NO2S.HI/c1-3-24-15-7-8-16-19(13-15)25-18-6-4-5-17(23)21(18)20(16)14-9-11-22(2)12-10-14;/h4-8,13,23H,3,9-12H2,1-2H3;1H. The first-order valence-corrected chi connectivity index (χ1v) is 9.67. The van der Waals surface area contributed by atoms with Crippen LogP contribution in [-0.2, 0) is 0 Å². The van der Waals surface area contributed by atoms with E-state index >= 15 is 0 Å². The van der Waals surface area contributed by atoms with E-state index in [4.69, 9.17) is 4.74 Å². The number of nitrogens with zero attached hydrogens (tertiary/aromatic N) is 1. The number of phenols is 1. The van der Waals surface area contributed by atoms with Gasteiger partial charge in [-0.3, -0.25) is 0 Å². The van der Waals surface area contributed by atoms with E-state index in [1.165, 1.54) is 21.6 Å². The lowest BCUT2D eigenvalue weighted by Gasteiger charge is -2.30. The number of hydrogen-bond acceptors (Lipinski definition) is 4. The van der Waals surface area contributed by atoms with Crippen LogP contribution in [0.1, 0.15) is 30.9 Å². The number of hydrogen-bond donors (Lipinski definition) is 1. The Labute approximate surface area is 176 Å². The first-order valence-electron chi connectivity index (χ1n) is 8.85. The second kappa shape index (κ2) is 8.23. The first kappa shape index (κ1) is 19.6. The predicted octanol–water partition coefficient (Wildman–Crippen LogP) is 5.40. The molecule has 5 heteroatoms. The Morgan fingerprint density at radius 1 is 1.12 bits per heavy atom. The van der Waals surface area contributed by atoms with Crippen LogP contribution in [0.4, 0.5) is 0 Å². The highest BCUT2D eigenvalue weighted by Gasteiger charge is 2.27. The van der Waals surface area contributed by atoms with Crippen LogP contribution >= 0.6 is 35.7 Å². The van der Waals surface area contributed by atoms with E-state index in [0.29, 0.717) is 12.4 Å². The molecule has 0 spiro atoms. The normalized spacial score (nSPS) is 16.5. The highest BCUT2D eigenvalue weighted by atomic mass is 127. The van der Waals surface area contributed by atoms with Crippen molar-refractivity contribution >= 4 is 41.3 Å². The second-order valence-corrected chi connectivity index (χ2v) is 7.71. The monoisotopic (exact) mass is 481 g/mol. The molecule has 2 aromatic rings. The first-order chi connectivity index (χ1) is 12.2. The molecule has 0 amide bonds. The number of ether oxygens (including phenoxy) is 1. The molecule has 26 heavy (non-hydrogen) atoms. The maximum absolute atomic E-state index is 10.6. The third kappa shape index (κ3) is 3.62. The molecule has 0 bridgehead atoms. The van der Waals surface area contributed by atoms with Crippen LogP contribution in [0.5, 0.6) is 11.5 Å². The minimum atomic E-state index is 0. The van der Waals surface area contributed by atoms with Gasteiger partial charge in [-0.15, -0.1) is 24.0 Å². The molecule has 0 saturated carbocycles. The molecule has 138 valence electrons. The van der Waals surface area contributed by atoms with Crippen molar-refractivity contribution in [1.82, 2.24) is 4.90 Å². The topological polar surface area (TPSA) is 32.7 Å². The quantitative estimate of drug-likeness (QED) is 0.497. The van der Waals surface area contributed by atoms with Crippen molar-refractivity contribution in [2.75, 3.05) is 26.7 Å². The molecule has 2 heterocycles. The van der Waals surface area contributed by atoms with Gasteiger partial charge in [0.25, 0.3) is 0 Å². The van der Waals surface area contributed by atoms with Crippen LogP contribution in [0.3, 0.4) is 0 Å². The molecule has 0 atom stereocenters. The molecular formula is C21H24INO2S. The SMILES string of the molecule is CCOc1ccc2c(c1)Sc1cccc(O)c1C2=C1CCN(C)CC1.I. The van der Waals surface area contributed by atoms with Crippen LogP contribution in [0.2, 0.25) is 0 Å². The van der Waals surface area contributed by atoms with Crippen molar-refractivity contribution in [3.8, 4) is 11.5 Å². The molecule has 0 aromatic heterocycles. The Morgan fingerprint density at radius 3 is 2.62 bits per heavy atom. The van der Waals surface area contributed by atoms with Crippen LogP contribution in [0.15, 0.2) is 51.8 Å². The summed E-state index contributed by atoms with van der Waals surface area (Å²) in [7, 11) is 2.17. The zero-order chi connectivity index (χ0) is 17.4. The van der Waals surface area contributed by atoms with Crippen molar-refractivity contribution < 1.29 is 9.84 Å². The van der Waals surface area contributed by atoms with Gasteiger partial charge >= 0.3 is 0 Å². The van der Waals surface area contributed by atoms with Crippen molar-refractivity contribution in [3.63, 3.8) is 0 Å². The number of benzene rings is 2. The Bertz CT molecular complexity index is 840. The highest BCUT2D eigenvalue weighted by Crippen LogP contribution is 2.51. The number of likely N-dealkylation sites (tertiary alicyclic amines) is 1. The fourth-order valence-electron chi connectivity index (χ4n) is 3.66. The summed E-state index contributed by atoms with van der Waals surface area (Å²) in [5.74, 6) is 1.29. The lowest BCUT2D eigenvalue weighted by Crippen LogP contribution is -2.27. The van der Waals surface area contributed by atoms with Gasteiger partial charge < -0.3 is 14.7 Å². The van der Waals surface area contributed by atoms with Gasteiger partial charge in [-0.25, -0.2) is 0 Å². The molecule has 0 radical (unpaired) electrons. The number of aromatic hydroxyl groups is 1. The molecule has 4 rings (SSSR count). The third-order valence-electron chi connectivity index (χ3n) is 4.95. The minimum absolute atomic E-state index is 0. The lowest BCUT2D eigenvalue weighted by atomic mass is 9.87. The largest absolute Gasteiger partial charge is 0.507 e. The van der Waals surface area contributed by atoms with E-state index < -0.39 is 0 Å². The Kier molecular flexibility index (Phi) is 6.20. The van der Waals surface area contributed by atoms with Gasteiger partial charge in [-0.2, -0.15) is 0 Å². The van der Waals surface area contributed by atoms with Crippen LogP contribution in [0, 0.1) is 0 Å². The van der Waals surface area contributed by atoms with Gasteiger partial charge in [0.2, 0.25) is 0 Å². The fourth-order valence-corrected chi connectivity index (χ4v) is 4.81. The smallest absolute Gasteiger partial charge is 0.124 e. The van der Waals surface area contributed by atoms with Crippen LogP contribution in [-0.4, -0.2) is 36.8 Å². The number of rotatable bonds is 2. The number of phenolic OH excluding ortho intramolecular Hbond substituents is 1. The van der Waals surface area contributed by atoms with Crippen LogP contribution < -0.4 is 4.74 Å². The molecule has 2 aliphatic rings. The van der Waals surface area contributed by atoms with Gasteiger partial charge in [-0.05, 0) is 68.3 Å². The van der Waals surface area contributed by atoms with Gasteiger partial charge in [0.05, 0.1) is 6.61 Å². The van der Waals surface area contributed by atoms with Gasteiger partial charge in [0.1, 0.15) is 11.5 Å². The summed E-state index contributed by atoms with van der Waals surface area (Å²) in [6, 6.07) is 12.2. The Morgan fingerprint density at radius 2 is 1.88 bits per heavy atom. The van der Waals surface area contributed by atoms with E-state index in [-0.39, 0.29) is 24.0 Å². The van der Waals surface area contributed by atoms with Crippen molar-refractivity contribution in [3.05, 3.63) is 53.1 Å². The summed E-state index contributed by atoms with van der Waals surface area (Å²) in [6.07, 6.45) is 2.11. The molecule has 1 N–H and O–H groups in total. The highest BCUT2D eigenvalue weighted by molar-refractivity contribution is 14.0. The summed E-state index contributed by atoms with van der Waals surface area (Å²) in [5, 5.41) is 10.6. The molecule has 1 fully saturated rings. The van der Waals surface area contributed by atoms with E-state index in [9.17, 15) is 5.11 Å². The third-order valence-corrected chi connectivity index (χ3v) is 6.07. The summed E-state index contributed by atoms with van der Waals surface area (Å²) in [5.41, 5.74) is 4.91. The molecule has 1 saturated heterocycles. The van der Waals surface area contributed by atoms with E-state index in [1.807, 2.05) is 19.1 Å². The van der Waals surface area contributed by atoms with Gasteiger partial charge in [-0.1, -0.05) is 23.4 Å². The average Bonchev–Trinajstić information content (AvgIpc) is 2.61. The predicted molar refractivity (Wildman–Crippen MR) is 118 cm³/mol. The van der Waals surface area contributed by atoms with E-state index in [0.717, 1.165) is 42.1 Å². The summed E-state index contributed by atoms with van der Waals surface area (Å²) in [4.78, 5) is 4.71. The van der Waals surface area contributed by atoms with Gasteiger partial charge in [0.15, 0.2) is 0 Å². The summed E-state index contributed by atoms with van der Waals surface area (Å²) < 4.78 is 5.69. The van der Waals surface area contributed by atoms with Gasteiger partial charge in [0, 0.05) is 28.4 Å². The fraction of sp³-hybridized carbons (Fsp3) is 0.333. The zero-order valence-corrected chi connectivity index (χ0v) is 18.3. The number of fused-ring (bicyclic) bond motifs is 2. The van der Waals surface area contributed by atoms with Crippen LogP contribution in [0.25, 0.3) is 5.57 Å². The molecule has 3 nitrogen and oxygen atoms in total. The molecule has 0 aliphatic carbocycles. The second-order valence-electron chi connectivity index (χ2n) is 6.63. The van der Waals surface area contributed by atoms with E-state index in [2.05, 4.69) is 30.1 Å². The molecule has 2 aliphatic heterocycles. The minimum Gasteiger partial charge on any atom is -0.507 e. The molecule has 2 aromatic carbocycles. The zero-order valence-electron chi connectivity index (χ0n) is 15.1. The van der Waals surface area contributed by atoms with Crippen molar-refractivity contribution in [1.29, 1.82) is 0 Å².